The molecule has 0 saturated carbocycles. The van der Waals surface area contributed by atoms with Gasteiger partial charge < -0.3 is 0 Å². The van der Waals surface area contributed by atoms with E-state index in [1.807, 2.05) is 0 Å². The fraction of sp³-hybridized carbons (Fsp3) is 0. The molecule has 0 aliphatic heterocycles. The van der Waals surface area contributed by atoms with Crippen LogP contribution in [0.15, 0.2) is 29.7 Å². The van der Waals surface area contributed by atoms with Crippen molar-refractivity contribution in [3.8, 4) is 0 Å². The summed E-state index contributed by atoms with van der Waals surface area (Å²) in [7, 11) is 0. The third kappa shape index (κ3) is 0.715. The number of hydrogen-bond donors (Lipinski definition) is 0. The molecule has 1 aromatic carbocycles. The fourth-order valence-corrected chi connectivity index (χ4v) is 1.19. The summed E-state index contributed by atoms with van der Waals surface area (Å²) in [5.74, 6) is 0. The Morgan fingerprint density at radius 2 is 2.33 bits per heavy atom. The average molecular weight is 139 g/mol. The quantitative estimate of drug-likeness (QED) is 0.545. The molecule has 0 saturated heterocycles. The summed E-state index contributed by atoms with van der Waals surface area (Å²) >= 11 is 1.23. The molecule has 0 amide bonds. The van der Waals surface area contributed by atoms with Crippen molar-refractivity contribution in [1.29, 1.82) is 0 Å². The van der Waals surface area contributed by atoms with Crippen molar-refractivity contribution in [3.05, 3.63) is 29.7 Å². The molecule has 0 bridgehead atoms. The molecular formula is C7H5NS. The Morgan fingerprint density at radius 3 is 3.33 bits per heavy atom. The molecule has 2 aromatic rings. The van der Waals surface area contributed by atoms with E-state index in [-0.39, 0.29) is 24.2 Å². The molecule has 0 spiro atoms. The molecule has 0 radical (unpaired) electrons. The van der Waals surface area contributed by atoms with Crippen LogP contribution in [0.5, 0.6) is 0 Å². The van der Waals surface area contributed by atoms with Crippen LogP contribution in [0.4, 0.5) is 0 Å². The van der Waals surface area contributed by atoms with Gasteiger partial charge in [0.05, 0.1) is 21.2 Å². The average Bonchev–Trinajstić information content (AvgIpc) is 2.59. The summed E-state index contributed by atoms with van der Waals surface area (Å²) in [6.45, 7) is 0. The Morgan fingerprint density at radius 1 is 1.44 bits per heavy atom. The van der Waals surface area contributed by atoms with Gasteiger partial charge in [0.25, 0.3) is 0 Å². The molecule has 9 heavy (non-hydrogen) atoms. The largest absolute Gasteiger partial charge is 0.245 e. The number of fused-ring (bicyclic) bond motifs is 1. The maximum atomic E-state index is 7.52. The van der Waals surface area contributed by atoms with Gasteiger partial charge in [-0.15, -0.1) is 11.3 Å². The van der Waals surface area contributed by atoms with Crippen LogP contribution in [0.3, 0.4) is 0 Å². The number of thiazole rings is 1. The first-order valence-electron chi connectivity index (χ1n) is 4.42. The van der Waals surface area contributed by atoms with Gasteiger partial charge in [-0.2, -0.15) is 0 Å². The summed E-state index contributed by atoms with van der Waals surface area (Å²) in [6.07, 6.45) is 0. The molecule has 44 valence electrons. The molecule has 0 N–H and O–H groups in total. The van der Waals surface area contributed by atoms with Crippen molar-refractivity contribution in [3.63, 3.8) is 0 Å². The maximum Gasteiger partial charge on any atom is 0.0812 e. The molecule has 1 nitrogen and oxygen atoms in total. The van der Waals surface area contributed by atoms with E-state index in [0.29, 0.717) is 10.2 Å². The number of rotatable bonds is 0. The standard InChI is InChI=1S/C7H5NS/c1-2-4-7-6(3-1)8-5-9-7/h1-5H/i1D,2D,3D,4D. The van der Waals surface area contributed by atoms with Crippen LogP contribution in [-0.4, -0.2) is 4.98 Å². The second kappa shape index (κ2) is 1.81. The highest BCUT2D eigenvalue weighted by molar-refractivity contribution is 7.16. The van der Waals surface area contributed by atoms with E-state index in [9.17, 15) is 0 Å². The van der Waals surface area contributed by atoms with Crippen LogP contribution < -0.4 is 0 Å². The minimum atomic E-state index is -0.219. The predicted molar refractivity (Wildman–Crippen MR) is 39.6 cm³/mol. The highest BCUT2D eigenvalue weighted by atomic mass is 32.1. The predicted octanol–water partition coefficient (Wildman–Crippen LogP) is 2.30. The van der Waals surface area contributed by atoms with Crippen LogP contribution in [-0.2, 0) is 0 Å². The van der Waals surface area contributed by atoms with Gasteiger partial charge in [0.15, 0.2) is 0 Å². The van der Waals surface area contributed by atoms with E-state index in [2.05, 4.69) is 4.98 Å². The van der Waals surface area contributed by atoms with Crippen LogP contribution >= 0.6 is 11.3 Å². The van der Waals surface area contributed by atoms with E-state index in [1.54, 1.807) is 0 Å². The van der Waals surface area contributed by atoms with Gasteiger partial charge >= 0.3 is 0 Å². The minimum Gasteiger partial charge on any atom is -0.245 e. The van der Waals surface area contributed by atoms with Gasteiger partial charge in [-0.05, 0) is 12.1 Å². The van der Waals surface area contributed by atoms with Crippen molar-refractivity contribution < 1.29 is 5.48 Å². The zero-order chi connectivity index (χ0) is 9.59. The Labute approximate surface area is 62.6 Å². The second-order valence-corrected chi connectivity index (χ2v) is 2.38. The first kappa shape index (κ1) is 2.39. The number of benzene rings is 1. The van der Waals surface area contributed by atoms with Gasteiger partial charge in [-0.25, -0.2) is 4.98 Å². The van der Waals surface area contributed by atoms with Gasteiger partial charge in [0, 0.05) is 0 Å². The molecule has 0 aliphatic rings. The SMILES string of the molecule is [2H]c1c([2H])c([2H])c2scnc2c1[2H]. The van der Waals surface area contributed by atoms with Crippen molar-refractivity contribution in [2.45, 2.75) is 0 Å². The van der Waals surface area contributed by atoms with Gasteiger partial charge in [-0.1, -0.05) is 12.1 Å². The molecule has 2 heteroatoms. The summed E-state index contributed by atoms with van der Waals surface area (Å²) in [5.41, 5.74) is 1.88. The number of para-hydroxylation sites is 1. The highest BCUT2D eigenvalue weighted by Gasteiger charge is 1.89. The first-order valence-corrected chi connectivity index (χ1v) is 3.30. The third-order valence-electron chi connectivity index (χ3n) is 0.987. The lowest BCUT2D eigenvalue weighted by Crippen LogP contribution is -1.61. The molecular weight excluding hydrogens is 130 g/mol. The maximum absolute atomic E-state index is 7.52. The van der Waals surface area contributed by atoms with Gasteiger partial charge in [0.2, 0.25) is 0 Å². The van der Waals surface area contributed by atoms with Gasteiger partial charge in [0.1, 0.15) is 0 Å². The molecule has 1 heterocycles. The molecule has 2 rings (SSSR count). The lowest BCUT2D eigenvalue weighted by atomic mass is 10.3. The Bertz CT molecular complexity index is 437. The van der Waals surface area contributed by atoms with E-state index in [1.165, 1.54) is 16.8 Å². The summed E-state index contributed by atoms with van der Waals surface area (Å²) in [4.78, 5) is 3.89. The molecule has 1 aromatic heterocycles. The monoisotopic (exact) mass is 139 g/mol. The smallest absolute Gasteiger partial charge is 0.0812 e. The third-order valence-corrected chi connectivity index (χ3v) is 1.73. The van der Waals surface area contributed by atoms with E-state index in [0.717, 1.165) is 0 Å². The number of hydrogen-bond acceptors (Lipinski definition) is 2. The number of nitrogens with zero attached hydrogens (tertiary/aromatic N) is 1. The van der Waals surface area contributed by atoms with Gasteiger partial charge in [-0.3, -0.25) is 0 Å². The fourth-order valence-electron chi connectivity index (χ4n) is 0.602. The summed E-state index contributed by atoms with van der Waals surface area (Å²) in [5, 5.41) is 0. The molecule has 0 fully saturated rings. The van der Waals surface area contributed by atoms with E-state index >= 15 is 0 Å². The zero-order valence-electron chi connectivity index (χ0n) is 8.43. The topological polar surface area (TPSA) is 12.9 Å². The zero-order valence-corrected chi connectivity index (χ0v) is 5.25. The van der Waals surface area contributed by atoms with E-state index < -0.39 is 0 Å². The molecule has 0 unspecified atom stereocenters. The van der Waals surface area contributed by atoms with Crippen LogP contribution in [0.2, 0.25) is 0 Å². The summed E-state index contributed by atoms with van der Waals surface area (Å²) in [6, 6.07) is -0.471. The Balaban J connectivity index is 3.02. The van der Waals surface area contributed by atoms with E-state index in [4.69, 9.17) is 5.48 Å². The van der Waals surface area contributed by atoms with Crippen LogP contribution in [0.25, 0.3) is 10.2 Å². The summed E-state index contributed by atoms with van der Waals surface area (Å²) < 4.78 is 30.3. The van der Waals surface area contributed by atoms with Crippen LogP contribution in [0, 0.1) is 0 Å². The first-order chi connectivity index (χ1) is 6.13. The normalized spacial score (nSPS) is 16.4. The van der Waals surface area contributed by atoms with Crippen LogP contribution in [0.1, 0.15) is 5.48 Å². The molecule has 0 atom stereocenters. The Kier molecular flexibility index (Phi) is 0.480. The lowest BCUT2D eigenvalue weighted by Gasteiger charge is -1.80. The highest BCUT2D eigenvalue weighted by Crippen LogP contribution is 2.15. The van der Waals surface area contributed by atoms with Crippen molar-refractivity contribution in [2.75, 3.05) is 0 Å². The van der Waals surface area contributed by atoms with Crippen molar-refractivity contribution in [2.24, 2.45) is 0 Å². The second-order valence-electron chi connectivity index (χ2n) is 1.53. The van der Waals surface area contributed by atoms with Crippen molar-refractivity contribution >= 4 is 21.6 Å². The van der Waals surface area contributed by atoms with Crippen molar-refractivity contribution in [1.82, 2.24) is 4.98 Å². The lowest BCUT2D eigenvalue weighted by molar-refractivity contribution is 1.50. The number of aromatic nitrogens is 1. The Hall–Kier alpha value is -0.890. The minimum absolute atomic E-state index is 0.00139. The molecule has 0 aliphatic carbocycles.